The van der Waals surface area contributed by atoms with Crippen molar-refractivity contribution >= 4 is 34.8 Å². The van der Waals surface area contributed by atoms with Gasteiger partial charge in [-0.1, -0.05) is 34.4 Å². The van der Waals surface area contributed by atoms with Gasteiger partial charge in [-0.25, -0.2) is 11.6 Å². The number of rotatable bonds is 5. The molecular weight excluding hydrogens is 486 g/mol. The Morgan fingerprint density at radius 1 is 1.21 bits per heavy atom. The van der Waals surface area contributed by atoms with E-state index in [2.05, 4.69) is 20.0 Å². The number of halogens is 5. The smallest absolute Gasteiger partial charge is 0.417 e. The Labute approximate surface area is 193 Å². The van der Waals surface area contributed by atoms with Crippen molar-refractivity contribution < 1.29 is 27.6 Å². The molecule has 1 aromatic carbocycles. The lowest BCUT2D eigenvalue weighted by Gasteiger charge is -2.07. The van der Waals surface area contributed by atoms with E-state index in [1.807, 2.05) is 0 Å². The first kappa shape index (κ1) is 22.6. The molecule has 4 rings (SSSR count). The Morgan fingerprint density at radius 3 is 2.61 bits per heavy atom. The average molecular weight is 496 g/mol. The standard InChI is InChI=1S/C20H10Cl2F3N5O3/c1-26-14(6-16(31)32)9-2-3-11(12(21)4-9)17-28-19(33-29-17)15-8-30-7-10(20(23,24)25)5-13(22)18(30)27-15/h2-5,7-8,14H,6H2,(H,31,32). The van der Waals surface area contributed by atoms with E-state index in [0.29, 0.717) is 11.1 Å². The van der Waals surface area contributed by atoms with Crippen LogP contribution in [-0.4, -0.2) is 30.6 Å². The summed E-state index contributed by atoms with van der Waals surface area (Å²) in [5.41, 5.74) is -0.0127. The maximum absolute atomic E-state index is 13.0. The van der Waals surface area contributed by atoms with Gasteiger partial charge in [0, 0.05) is 23.5 Å². The highest BCUT2D eigenvalue weighted by atomic mass is 35.5. The molecule has 3 aromatic heterocycles. The van der Waals surface area contributed by atoms with Gasteiger partial charge in [-0.3, -0.25) is 4.79 Å². The van der Waals surface area contributed by atoms with E-state index in [4.69, 9.17) is 39.4 Å². The lowest BCUT2D eigenvalue weighted by atomic mass is 10.0. The van der Waals surface area contributed by atoms with Gasteiger partial charge in [0.1, 0.15) is 12.1 Å². The molecule has 3 heterocycles. The number of alkyl halides is 3. The van der Waals surface area contributed by atoms with Crippen LogP contribution in [0.3, 0.4) is 0 Å². The Bertz CT molecular complexity index is 1420. The van der Waals surface area contributed by atoms with Crippen LogP contribution in [0.2, 0.25) is 10.0 Å². The molecule has 0 aliphatic carbocycles. The van der Waals surface area contributed by atoms with Crippen LogP contribution in [0.4, 0.5) is 13.2 Å². The van der Waals surface area contributed by atoms with Gasteiger partial charge in [-0.2, -0.15) is 18.2 Å². The normalized spacial score (nSPS) is 12.6. The van der Waals surface area contributed by atoms with E-state index < -0.39 is 23.8 Å². The molecule has 0 saturated heterocycles. The van der Waals surface area contributed by atoms with Gasteiger partial charge in [-0.15, -0.1) is 0 Å². The van der Waals surface area contributed by atoms with Crippen molar-refractivity contribution in [3.05, 3.63) is 69.2 Å². The topological polar surface area (TPSA) is 97.9 Å². The summed E-state index contributed by atoms with van der Waals surface area (Å²) in [6.45, 7) is 7.18. The summed E-state index contributed by atoms with van der Waals surface area (Å²) in [7, 11) is 0. The number of imidazole rings is 1. The van der Waals surface area contributed by atoms with Crippen molar-refractivity contribution in [1.29, 1.82) is 0 Å². The highest BCUT2D eigenvalue weighted by molar-refractivity contribution is 6.33. The van der Waals surface area contributed by atoms with Crippen molar-refractivity contribution in [3.63, 3.8) is 0 Å². The number of carboxylic acids is 1. The van der Waals surface area contributed by atoms with E-state index >= 15 is 0 Å². The lowest BCUT2D eigenvalue weighted by Crippen LogP contribution is -2.06. The summed E-state index contributed by atoms with van der Waals surface area (Å²) in [4.78, 5) is 22.6. The van der Waals surface area contributed by atoms with Gasteiger partial charge in [0.05, 0.1) is 15.6 Å². The summed E-state index contributed by atoms with van der Waals surface area (Å²) < 4.78 is 45.4. The second-order valence-corrected chi connectivity index (χ2v) is 7.65. The number of carbonyl (C=O) groups is 1. The number of nitrogens with zero attached hydrogens (tertiary/aromatic N) is 5. The Morgan fingerprint density at radius 2 is 1.97 bits per heavy atom. The zero-order valence-electron chi connectivity index (χ0n) is 16.1. The van der Waals surface area contributed by atoms with Gasteiger partial charge < -0.3 is 18.9 Å². The maximum atomic E-state index is 13.0. The highest BCUT2D eigenvalue weighted by Crippen LogP contribution is 2.34. The fourth-order valence-electron chi connectivity index (χ4n) is 3.08. The molecule has 0 saturated carbocycles. The van der Waals surface area contributed by atoms with Crippen molar-refractivity contribution in [2.45, 2.75) is 18.6 Å². The first-order valence-corrected chi connectivity index (χ1v) is 9.80. The van der Waals surface area contributed by atoms with Crippen LogP contribution >= 0.6 is 23.2 Å². The van der Waals surface area contributed by atoms with Crippen LogP contribution in [0.5, 0.6) is 0 Å². The van der Waals surface area contributed by atoms with Crippen LogP contribution in [0.25, 0.3) is 33.5 Å². The molecule has 0 aliphatic heterocycles. The molecule has 168 valence electrons. The summed E-state index contributed by atoms with van der Waals surface area (Å²) in [6, 6.07) is 4.37. The third-order valence-corrected chi connectivity index (χ3v) is 5.21. The Hall–Kier alpha value is -3.62. The summed E-state index contributed by atoms with van der Waals surface area (Å²) in [6.07, 6.45) is -2.85. The van der Waals surface area contributed by atoms with Gasteiger partial charge in [0.25, 0.3) is 11.9 Å². The van der Waals surface area contributed by atoms with Crippen molar-refractivity contribution in [2.24, 2.45) is 0 Å². The van der Waals surface area contributed by atoms with Crippen LogP contribution < -0.4 is 0 Å². The average Bonchev–Trinajstić information content (AvgIpc) is 3.38. The molecule has 1 atom stereocenters. The monoisotopic (exact) mass is 495 g/mol. The first-order chi connectivity index (χ1) is 15.6. The molecule has 0 aliphatic rings. The number of carboxylic acid groups (broad SMARTS) is 1. The molecule has 1 unspecified atom stereocenters. The Balaban J connectivity index is 1.67. The minimum absolute atomic E-state index is 0.0679. The molecule has 1 N–H and O–H groups in total. The molecule has 0 bridgehead atoms. The summed E-state index contributed by atoms with van der Waals surface area (Å²) in [5.74, 6) is -1.13. The molecule has 0 amide bonds. The number of hydrogen-bond acceptors (Lipinski definition) is 5. The molecule has 0 spiro atoms. The predicted molar refractivity (Wildman–Crippen MR) is 111 cm³/mol. The third-order valence-electron chi connectivity index (χ3n) is 4.62. The lowest BCUT2D eigenvalue weighted by molar-refractivity contribution is -0.138. The first-order valence-electron chi connectivity index (χ1n) is 9.04. The molecule has 33 heavy (non-hydrogen) atoms. The number of benzene rings is 1. The molecule has 0 fully saturated rings. The Kier molecular flexibility index (Phi) is 5.73. The molecule has 8 nitrogen and oxygen atoms in total. The number of hydrogen-bond donors (Lipinski definition) is 1. The maximum Gasteiger partial charge on any atom is 0.417 e. The number of pyridine rings is 1. The zero-order valence-corrected chi connectivity index (χ0v) is 17.7. The zero-order chi connectivity index (χ0) is 23.9. The SMILES string of the molecule is [C-]#[N+]C(CC(=O)O)c1ccc(-c2noc(-c3cn4cc(C(F)(F)F)cc(Cl)c4n3)n2)c(Cl)c1. The van der Waals surface area contributed by atoms with Gasteiger partial charge in [0.15, 0.2) is 5.65 Å². The van der Waals surface area contributed by atoms with Gasteiger partial charge in [-0.05, 0) is 18.2 Å². The fourth-order valence-corrected chi connectivity index (χ4v) is 3.61. The minimum atomic E-state index is -4.58. The number of aliphatic carboxylic acids is 1. The highest BCUT2D eigenvalue weighted by Gasteiger charge is 2.32. The van der Waals surface area contributed by atoms with Crippen LogP contribution in [0.15, 0.2) is 41.2 Å². The van der Waals surface area contributed by atoms with Crippen molar-refractivity contribution in [1.82, 2.24) is 19.5 Å². The minimum Gasteiger partial charge on any atom is -0.481 e. The van der Waals surface area contributed by atoms with Crippen molar-refractivity contribution in [3.8, 4) is 23.0 Å². The van der Waals surface area contributed by atoms with E-state index in [1.165, 1.54) is 24.4 Å². The summed E-state index contributed by atoms with van der Waals surface area (Å²) in [5, 5.41) is 12.7. The fraction of sp³-hybridized carbons (Fsp3) is 0.150. The second kappa shape index (κ2) is 8.38. The quantitative estimate of drug-likeness (QED) is 0.350. The predicted octanol–water partition coefficient (Wildman–Crippen LogP) is 5.81. The van der Waals surface area contributed by atoms with Crippen LogP contribution in [0, 0.1) is 6.57 Å². The van der Waals surface area contributed by atoms with Gasteiger partial charge in [0.2, 0.25) is 5.82 Å². The van der Waals surface area contributed by atoms with E-state index in [0.717, 1.165) is 16.7 Å². The largest absolute Gasteiger partial charge is 0.481 e. The molecule has 0 radical (unpaired) electrons. The summed E-state index contributed by atoms with van der Waals surface area (Å²) >= 11 is 12.2. The van der Waals surface area contributed by atoms with E-state index in [-0.39, 0.29) is 39.5 Å². The third kappa shape index (κ3) is 4.48. The van der Waals surface area contributed by atoms with Crippen molar-refractivity contribution in [2.75, 3.05) is 0 Å². The van der Waals surface area contributed by atoms with Gasteiger partial charge >= 0.3 is 12.1 Å². The van der Waals surface area contributed by atoms with E-state index in [1.54, 1.807) is 0 Å². The van der Waals surface area contributed by atoms with E-state index in [9.17, 15) is 18.0 Å². The number of fused-ring (bicyclic) bond motifs is 1. The molecule has 13 heteroatoms. The van der Waals surface area contributed by atoms with Crippen LogP contribution in [-0.2, 0) is 11.0 Å². The number of aromatic nitrogens is 4. The molecular formula is C20H10Cl2F3N5O3. The molecule has 4 aromatic rings. The van der Waals surface area contributed by atoms with Crippen LogP contribution in [0.1, 0.15) is 23.6 Å². The second-order valence-electron chi connectivity index (χ2n) is 6.84.